The first kappa shape index (κ1) is 45.1. The maximum atomic E-state index is 17.1. The van der Waals surface area contributed by atoms with E-state index < -0.39 is 14.3 Å². The smallest absolute Gasteiger partial charge is 0.172 e. The number of rotatable bonds is 6. The van der Waals surface area contributed by atoms with Gasteiger partial charge in [0.1, 0.15) is 0 Å². The normalized spacial score (nSPS) is 14.1. The van der Waals surface area contributed by atoms with Crippen molar-refractivity contribution in [3.05, 3.63) is 255 Å². The summed E-state index contributed by atoms with van der Waals surface area (Å²) in [4.78, 5) is 0. The summed E-state index contributed by atoms with van der Waals surface area (Å²) in [5.41, 5.74) is 12.0. The molecule has 0 aliphatic carbocycles. The zero-order valence-electron chi connectivity index (χ0n) is 42.7. The summed E-state index contributed by atoms with van der Waals surface area (Å²) >= 11 is 3.68. The minimum absolute atomic E-state index is 0.749. The molecule has 16 aromatic rings. The van der Waals surface area contributed by atoms with Crippen LogP contribution in [0.1, 0.15) is 0 Å². The Morgan fingerprint density at radius 3 is 1.06 bits per heavy atom. The lowest BCUT2D eigenvalue weighted by Gasteiger charge is -2.24. The average Bonchev–Trinajstić information content (AvgIpc) is 4.52. The Morgan fingerprint density at radius 1 is 0.263 bits per heavy atom. The van der Waals surface area contributed by atoms with Gasteiger partial charge in [-0.2, -0.15) is 0 Å². The summed E-state index contributed by atoms with van der Waals surface area (Å²) in [7, 11) is -7.17. The van der Waals surface area contributed by atoms with Gasteiger partial charge in [-0.1, -0.05) is 158 Å². The molecule has 0 spiro atoms. The van der Waals surface area contributed by atoms with E-state index in [2.05, 4.69) is 203 Å². The lowest BCUT2D eigenvalue weighted by Crippen LogP contribution is -2.28. The van der Waals surface area contributed by atoms with Crippen LogP contribution in [0.2, 0.25) is 0 Å². The van der Waals surface area contributed by atoms with E-state index in [1.165, 1.54) is 61.9 Å². The molecule has 374 valence electrons. The molecule has 2 aliphatic rings. The topological polar surface area (TPSA) is 44.0 Å². The molecule has 12 aromatic carbocycles. The Labute approximate surface area is 467 Å². The molecular weight excluding hydrogens is 1050 g/mol. The fraction of sp³-hybridized carbons (Fsp3) is 0. The lowest BCUT2D eigenvalue weighted by molar-refractivity contribution is 0.592. The summed E-state index contributed by atoms with van der Waals surface area (Å²) in [6.07, 6.45) is 0. The van der Waals surface area contributed by atoms with Gasteiger partial charge in [-0.15, -0.1) is 22.7 Å². The molecule has 0 amide bonds. The molecule has 0 saturated heterocycles. The predicted molar refractivity (Wildman–Crippen MR) is 343 cm³/mol. The standard InChI is InChI=1S/C72H42N2O2P2S2/c75-77(49-21-3-1-4-22-49)63-35-45(43-17-15-19-47(33-43)73-59-29-11-7-25-51(59)55-41-69-57(39-61(55)73)53-27-9-13-31-67(53)79-69)37-65-71(63)72-64(77)36-46(38-66(72)78(65,76)50-23-5-2-6-24-50)44-18-16-20-48(34-44)74-60-30-12-8-26-52(60)56-42-70-58(40-62(56)74)54-28-10-14-32-68(54)80-70/h1-42H. The first-order valence-electron chi connectivity index (χ1n) is 27.0. The van der Waals surface area contributed by atoms with Gasteiger partial charge in [0.05, 0.1) is 22.1 Å². The van der Waals surface area contributed by atoms with E-state index in [9.17, 15) is 0 Å². The van der Waals surface area contributed by atoms with Gasteiger partial charge in [-0.05, 0) is 119 Å². The van der Waals surface area contributed by atoms with Crippen molar-refractivity contribution in [1.82, 2.24) is 9.13 Å². The third kappa shape index (κ3) is 6.01. The Kier molecular flexibility index (Phi) is 9.22. The number of thiophene rings is 2. The van der Waals surface area contributed by atoms with Gasteiger partial charge in [0.15, 0.2) is 14.3 Å². The van der Waals surface area contributed by atoms with Gasteiger partial charge in [0.2, 0.25) is 0 Å². The molecule has 4 aromatic heterocycles. The molecule has 8 heteroatoms. The van der Waals surface area contributed by atoms with E-state index in [1.807, 2.05) is 83.3 Å². The molecule has 2 aliphatic heterocycles. The molecule has 18 rings (SSSR count). The first-order chi connectivity index (χ1) is 39.4. The molecule has 0 bridgehead atoms. The average molecular weight is 1090 g/mol. The summed E-state index contributed by atoms with van der Waals surface area (Å²) in [5.74, 6) is 0. The van der Waals surface area contributed by atoms with Crippen molar-refractivity contribution in [2.45, 2.75) is 0 Å². The minimum atomic E-state index is -3.59. The molecule has 0 N–H and O–H groups in total. The Hall–Kier alpha value is -8.86. The molecule has 0 atom stereocenters. The van der Waals surface area contributed by atoms with Gasteiger partial charge >= 0.3 is 0 Å². The zero-order chi connectivity index (χ0) is 52.6. The molecule has 6 heterocycles. The van der Waals surface area contributed by atoms with Gasteiger partial charge in [-0.3, -0.25) is 0 Å². The van der Waals surface area contributed by atoms with Crippen LogP contribution in [0.5, 0.6) is 0 Å². The minimum Gasteiger partial charge on any atom is -0.309 e. The molecule has 0 radical (unpaired) electrons. The Morgan fingerprint density at radius 2 is 0.637 bits per heavy atom. The van der Waals surface area contributed by atoms with Crippen LogP contribution in [0.25, 0.3) is 129 Å². The van der Waals surface area contributed by atoms with Crippen LogP contribution in [0.3, 0.4) is 0 Å². The van der Waals surface area contributed by atoms with Crippen molar-refractivity contribution in [3.8, 4) is 44.8 Å². The van der Waals surface area contributed by atoms with E-state index >= 15 is 9.13 Å². The van der Waals surface area contributed by atoms with Crippen LogP contribution in [0, 0.1) is 0 Å². The summed E-state index contributed by atoms with van der Waals surface area (Å²) < 4.78 is 44.1. The summed E-state index contributed by atoms with van der Waals surface area (Å²) in [6, 6.07) is 90.3. The van der Waals surface area contributed by atoms with Crippen LogP contribution in [-0.2, 0) is 9.13 Å². The third-order valence-corrected chi connectivity index (χ3v) is 25.7. The highest BCUT2D eigenvalue weighted by Gasteiger charge is 2.52. The number of hydrogen-bond acceptors (Lipinski definition) is 4. The molecule has 0 fully saturated rings. The molecule has 80 heavy (non-hydrogen) atoms. The second kappa shape index (κ2) is 16.4. The number of para-hydroxylation sites is 2. The molecule has 0 saturated carbocycles. The van der Waals surface area contributed by atoms with Gasteiger partial charge in [0.25, 0.3) is 0 Å². The maximum Gasteiger partial charge on any atom is 0.172 e. The highest BCUT2D eigenvalue weighted by molar-refractivity contribution is 7.90. The number of hydrogen-bond donors (Lipinski definition) is 0. The quantitative estimate of drug-likeness (QED) is 0.156. The highest BCUT2D eigenvalue weighted by atomic mass is 32.1. The lowest BCUT2D eigenvalue weighted by atomic mass is 9.97. The number of benzene rings is 12. The van der Waals surface area contributed by atoms with E-state index in [0.717, 1.165) is 98.6 Å². The van der Waals surface area contributed by atoms with Crippen LogP contribution in [0.4, 0.5) is 0 Å². The fourth-order valence-electron chi connectivity index (χ4n) is 13.7. The summed E-state index contributed by atoms with van der Waals surface area (Å²) in [6.45, 7) is 0. The third-order valence-electron chi connectivity index (χ3n) is 17.3. The number of fused-ring (bicyclic) bond motifs is 12. The zero-order valence-corrected chi connectivity index (χ0v) is 46.1. The predicted octanol–water partition coefficient (Wildman–Crippen LogP) is 17.5. The number of aromatic nitrogens is 2. The van der Waals surface area contributed by atoms with Crippen LogP contribution in [-0.4, -0.2) is 9.13 Å². The van der Waals surface area contributed by atoms with E-state index in [4.69, 9.17) is 0 Å². The van der Waals surface area contributed by atoms with Crippen molar-refractivity contribution in [3.63, 3.8) is 0 Å². The van der Waals surface area contributed by atoms with Crippen molar-refractivity contribution in [2.75, 3.05) is 0 Å². The van der Waals surface area contributed by atoms with Crippen LogP contribution in [0.15, 0.2) is 255 Å². The maximum absolute atomic E-state index is 17.1. The monoisotopic (exact) mass is 1090 g/mol. The SMILES string of the molecule is O=P1(c2ccccc2)c2cc(-c3cccc(-n4c5ccccc5c5cc6sc7ccccc7c6cc54)c3)cc3c2-c2c1cc(-c1cccc(-n4c5ccccc5c5cc6sc7ccccc7c6cc54)c1)cc2P3(=O)c1ccccc1. The largest absolute Gasteiger partial charge is 0.309 e. The molecule has 0 unspecified atom stereocenters. The second-order valence-electron chi connectivity index (χ2n) is 21.4. The van der Waals surface area contributed by atoms with Crippen molar-refractivity contribution in [2.24, 2.45) is 0 Å². The van der Waals surface area contributed by atoms with Crippen molar-refractivity contribution < 1.29 is 9.13 Å². The Balaban J connectivity index is 0.846. The van der Waals surface area contributed by atoms with Gasteiger partial charge in [-0.25, -0.2) is 0 Å². The number of nitrogens with zero attached hydrogens (tertiary/aromatic N) is 2. The van der Waals surface area contributed by atoms with Crippen LogP contribution >= 0.6 is 37.0 Å². The fourth-order valence-corrected chi connectivity index (χ4v) is 22.5. The van der Waals surface area contributed by atoms with Crippen LogP contribution < -0.4 is 31.8 Å². The van der Waals surface area contributed by atoms with Crippen molar-refractivity contribution >= 4 is 153 Å². The van der Waals surface area contributed by atoms with E-state index in [-0.39, 0.29) is 0 Å². The van der Waals surface area contributed by atoms with E-state index in [1.54, 1.807) is 0 Å². The van der Waals surface area contributed by atoms with Crippen molar-refractivity contribution in [1.29, 1.82) is 0 Å². The molecule has 4 nitrogen and oxygen atoms in total. The summed E-state index contributed by atoms with van der Waals surface area (Å²) in [5, 5.41) is 14.4. The first-order valence-corrected chi connectivity index (χ1v) is 32.1. The van der Waals surface area contributed by atoms with Gasteiger partial charge in [0, 0.05) is 116 Å². The molecular formula is C72H42N2O2P2S2. The second-order valence-corrected chi connectivity index (χ2v) is 29.0. The highest BCUT2D eigenvalue weighted by Crippen LogP contribution is 2.62. The Bertz CT molecular complexity index is 5110. The van der Waals surface area contributed by atoms with Gasteiger partial charge < -0.3 is 18.3 Å². The van der Waals surface area contributed by atoms with E-state index in [0.29, 0.717) is 0 Å².